The molecule has 0 bridgehead atoms. The molecule has 3 aromatic rings. The van der Waals surface area contributed by atoms with Gasteiger partial charge in [0.05, 0.1) is 23.1 Å². The Kier molecular flexibility index (Phi) is 6.70. The van der Waals surface area contributed by atoms with Gasteiger partial charge in [0.25, 0.3) is 5.91 Å². The lowest BCUT2D eigenvalue weighted by atomic mass is 9.76. The lowest BCUT2D eigenvalue weighted by Gasteiger charge is -2.32. The molecule has 0 saturated carbocycles. The molecule has 1 amide bonds. The number of aromatic nitrogens is 2. The van der Waals surface area contributed by atoms with Crippen molar-refractivity contribution in [1.29, 1.82) is 0 Å². The Balaban J connectivity index is 1.45. The van der Waals surface area contributed by atoms with Gasteiger partial charge in [0.1, 0.15) is 11.2 Å². The lowest BCUT2D eigenvalue weighted by molar-refractivity contribution is -0.183. The first-order valence-corrected chi connectivity index (χ1v) is 12.3. The SMILES string of the molecule is O=C(NCc1ncccn1)c1ccc(C2=NCC(c3cc(Cl)c(F)c(Cl)c3)(C(F)(F)F)C2)c2c1CCC2. The van der Waals surface area contributed by atoms with Crippen molar-refractivity contribution in [2.24, 2.45) is 4.99 Å². The van der Waals surface area contributed by atoms with Crippen LogP contribution in [0.25, 0.3) is 0 Å². The summed E-state index contributed by atoms with van der Waals surface area (Å²) in [5, 5.41) is 1.85. The Labute approximate surface area is 219 Å². The number of nitrogens with one attached hydrogen (secondary N) is 1. The van der Waals surface area contributed by atoms with Gasteiger partial charge in [-0.2, -0.15) is 13.2 Å². The summed E-state index contributed by atoms with van der Waals surface area (Å²) in [5.41, 5.74) is 0.383. The van der Waals surface area contributed by atoms with Crippen LogP contribution in [0.4, 0.5) is 17.6 Å². The number of fused-ring (bicyclic) bond motifs is 1. The first-order valence-electron chi connectivity index (χ1n) is 11.5. The van der Waals surface area contributed by atoms with Crippen LogP contribution in [-0.4, -0.2) is 34.3 Å². The lowest BCUT2D eigenvalue weighted by Crippen LogP contribution is -2.44. The van der Waals surface area contributed by atoms with E-state index in [0.717, 1.165) is 29.7 Å². The van der Waals surface area contributed by atoms with Crippen molar-refractivity contribution in [3.63, 3.8) is 0 Å². The van der Waals surface area contributed by atoms with Crippen molar-refractivity contribution in [2.75, 3.05) is 6.54 Å². The Hall–Kier alpha value is -3.04. The molecule has 1 atom stereocenters. The number of halogens is 6. The van der Waals surface area contributed by atoms with Gasteiger partial charge in [0.2, 0.25) is 0 Å². The standard InChI is InChI=1S/C26H20Cl2F4N4O/c27-19-9-14(10-20(28)23(19)29)25(26(30,31)32)11-21(36-13-25)17-5-6-18(16-4-1-3-15(16)17)24(37)35-12-22-33-7-2-8-34-22/h2,5-10H,1,3-4,11-13H2,(H,35,37). The van der Waals surface area contributed by atoms with E-state index >= 15 is 0 Å². The van der Waals surface area contributed by atoms with E-state index in [1.807, 2.05) is 0 Å². The quantitative estimate of drug-likeness (QED) is 0.311. The minimum atomic E-state index is -4.69. The van der Waals surface area contributed by atoms with Crippen LogP contribution in [0.5, 0.6) is 0 Å². The maximum atomic E-state index is 14.5. The molecule has 1 unspecified atom stereocenters. The Bertz CT molecular complexity index is 1390. The third-order valence-corrected chi connectivity index (χ3v) is 7.50. The molecular formula is C26H20Cl2F4N4O. The summed E-state index contributed by atoms with van der Waals surface area (Å²) < 4.78 is 57.5. The molecule has 0 spiro atoms. The molecule has 11 heteroatoms. The van der Waals surface area contributed by atoms with Gasteiger partial charge in [-0.05, 0) is 65.8 Å². The van der Waals surface area contributed by atoms with Gasteiger partial charge in [-0.15, -0.1) is 0 Å². The van der Waals surface area contributed by atoms with Crippen molar-refractivity contribution in [1.82, 2.24) is 15.3 Å². The highest BCUT2D eigenvalue weighted by atomic mass is 35.5. The second kappa shape index (κ2) is 9.68. The second-order valence-electron chi connectivity index (χ2n) is 9.09. The summed E-state index contributed by atoms with van der Waals surface area (Å²) in [4.78, 5) is 25.4. The Morgan fingerprint density at radius 1 is 1.05 bits per heavy atom. The molecule has 1 N–H and O–H groups in total. The molecule has 1 aromatic heterocycles. The first kappa shape index (κ1) is 25.6. The van der Waals surface area contributed by atoms with Gasteiger partial charge in [-0.1, -0.05) is 29.3 Å². The molecule has 0 radical (unpaired) electrons. The van der Waals surface area contributed by atoms with E-state index in [1.165, 1.54) is 0 Å². The number of benzene rings is 2. The largest absolute Gasteiger partial charge is 0.400 e. The molecule has 5 nitrogen and oxygen atoms in total. The summed E-state index contributed by atoms with van der Waals surface area (Å²) in [5.74, 6) is -0.797. The predicted octanol–water partition coefficient (Wildman–Crippen LogP) is 6.03. The van der Waals surface area contributed by atoms with Crippen molar-refractivity contribution >= 4 is 34.8 Å². The van der Waals surface area contributed by atoms with E-state index in [-0.39, 0.29) is 23.7 Å². The van der Waals surface area contributed by atoms with Crippen molar-refractivity contribution < 1.29 is 22.4 Å². The Morgan fingerprint density at radius 2 is 1.73 bits per heavy atom. The van der Waals surface area contributed by atoms with Crippen LogP contribution in [0, 0.1) is 5.82 Å². The van der Waals surface area contributed by atoms with Crippen LogP contribution in [0.15, 0.2) is 47.7 Å². The third-order valence-electron chi connectivity index (χ3n) is 6.95. The van der Waals surface area contributed by atoms with Crippen LogP contribution >= 0.6 is 23.2 Å². The zero-order valence-electron chi connectivity index (χ0n) is 19.3. The summed E-state index contributed by atoms with van der Waals surface area (Å²) in [7, 11) is 0. The monoisotopic (exact) mass is 550 g/mol. The first-order chi connectivity index (χ1) is 17.6. The van der Waals surface area contributed by atoms with Crippen LogP contribution in [0.1, 0.15) is 51.3 Å². The average molecular weight is 551 g/mol. The van der Waals surface area contributed by atoms with E-state index in [2.05, 4.69) is 20.3 Å². The van der Waals surface area contributed by atoms with Crippen molar-refractivity contribution in [3.05, 3.63) is 92.2 Å². The summed E-state index contributed by atoms with van der Waals surface area (Å²) in [6.45, 7) is -0.419. The zero-order valence-corrected chi connectivity index (χ0v) is 20.8. The molecule has 5 rings (SSSR count). The molecule has 2 heterocycles. The number of carbonyl (C=O) groups excluding carboxylic acids is 1. The fourth-order valence-corrected chi connectivity index (χ4v) is 5.54. The van der Waals surface area contributed by atoms with Gasteiger partial charge in [-0.25, -0.2) is 14.4 Å². The van der Waals surface area contributed by atoms with Gasteiger partial charge in [0.15, 0.2) is 5.82 Å². The zero-order chi connectivity index (χ0) is 26.4. The van der Waals surface area contributed by atoms with E-state index in [0.29, 0.717) is 29.8 Å². The number of rotatable bonds is 5. The molecule has 192 valence electrons. The minimum Gasteiger partial charge on any atom is -0.345 e. The smallest absolute Gasteiger partial charge is 0.345 e. The predicted molar refractivity (Wildman–Crippen MR) is 132 cm³/mol. The van der Waals surface area contributed by atoms with Gasteiger partial charge >= 0.3 is 6.18 Å². The fraction of sp³-hybridized carbons (Fsp3) is 0.308. The van der Waals surface area contributed by atoms with Crippen LogP contribution < -0.4 is 5.32 Å². The fourth-order valence-electron chi connectivity index (χ4n) is 5.05. The maximum Gasteiger partial charge on any atom is 0.400 e. The molecule has 37 heavy (non-hydrogen) atoms. The number of hydrogen-bond donors (Lipinski definition) is 1. The highest BCUT2D eigenvalue weighted by molar-refractivity contribution is 6.35. The second-order valence-corrected chi connectivity index (χ2v) is 9.91. The highest BCUT2D eigenvalue weighted by Crippen LogP contribution is 2.49. The van der Waals surface area contributed by atoms with Crippen LogP contribution in [0.2, 0.25) is 10.0 Å². The maximum absolute atomic E-state index is 14.5. The molecule has 1 aliphatic heterocycles. The van der Waals surface area contributed by atoms with Gasteiger partial charge < -0.3 is 5.32 Å². The molecular weight excluding hydrogens is 531 g/mol. The summed E-state index contributed by atoms with van der Waals surface area (Å²) in [6.07, 6.45) is 0.0589. The van der Waals surface area contributed by atoms with E-state index in [9.17, 15) is 22.4 Å². The number of carbonyl (C=O) groups is 1. The number of hydrogen-bond acceptors (Lipinski definition) is 4. The summed E-state index contributed by atoms with van der Waals surface area (Å²) in [6, 6.07) is 6.91. The molecule has 0 fully saturated rings. The minimum absolute atomic E-state index is 0.153. The Morgan fingerprint density at radius 3 is 2.41 bits per heavy atom. The van der Waals surface area contributed by atoms with Crippen molar-refractivity contribution in [2.45, 2.75) is 43.8 Å². The van der Waals surface area contributed by atoms with Crippen LogP contribution in [-0.2, 0) is 24.8 Å². The number of alkyl halides is 3. The van der Waals surface area contributed by atoms with E-state index in [4.69, 9.17) is 23.2 Å². The molecule has 1 aliphatic carbocycles. The normalized spacial score (nSPS) is 19.0. The van der Waals surface area contributed by atoms with E-state index in [1.54, 1.807) is 30.6 Å². The number of amides is 1. The third kappa shape index (κ3) is 4.59. The molecule has 0 saturated heterocycles. The van der Waals surface area contributed by atoms with Gasteiger partial charge in [-0.3, -0.25) is 9.79 Å². The summed E-state index contributed by atoms with van der Waals surface area (Å²) >= 11 is 11.7. The topological polar surface area (TPSA) is 67.2 Å². The average Bonchev–Trinajstić information content (AvgIpc) is 3.54. The van der Waals surface area contributed by atoms with E-state index < -0.39 is 40.4 Å². The highest BCUT2D eigenvalue weighted by Gasteiger charge is 2.59. The van der Waals surface area contributed by atoms with Crippen molar-refractivity contribution in [3.8, 4) is 0 Å². The number of aliphatic imine (C=N–C) groups is 1. The number of nitrogens with zero attached hydrogens (tertiary/aromatic N) is 3. The molecule has 2 aliphatic rings. The molecule has 2 aromatic carbocycles. The van der Waals surface area contributed by atoms with Crippen LogP contribution in [0.3, 0.4) is 0 Å². The van der Waals surface area contributed by atoms with Gasteiger partial charge in [0, 0.05) is 30.1 Å².